The van der Waals surface area contributed by atoms with Crippen LogP contribution < -0.4 is 16.0 Å². The first-order chi connectivity index (χ1) is 11.3. The Morgan fingerprint density at radius 1 is 1.22 bits per heavy atom. The molecule has 0 radical (unpaired) electrons. The van der Waals surface area contributed by atoms with E-state index in [1.165, 1.54) is 12.8 Å². The molecule has 0 atom stereocenters. The van der Waals surface area contributed by atoms with Gasteiger partial charge in [0, 0.05) is 44.5 Å². The maximum Gasteiger partial charge on any atom is 0.222 e. The Hall–Kier alpha value is -1.98. The van der Waals surface area contributed by atoms with Crippen LogP contribution in [0.15, 0.2) is 29.5 Å². The first-order valence-electron chi connectivity index (χ1n) is 8.70. The van der Waals surface area contributed by atoms with E-state index in [1.54, 1.807) is 0 Å². The van der Waals surface area contributed by atoms with Crippen LogP contribution >= 0.6 is 0 Å². The molecule has 6 nitrogen and oxygen atoms in total. The van der Waals surface area contributed by atoms with Crippen molar-refractivity contribution >= 4 is 11.9 Å². The zero-order valence-electron chi connectivity index (χ0n) is 14.1. The molecule has 1 aromatic rings. The van der Waals surface area contributed by atoms with E-state index in [-0.39, 0.29) is 5.91 Å². The minimum atomic E-state index is 0.115. The highest BCUT2D eigenvalue weighted by Crippen LogP contribution is 2.17. The fourth-order valence-corrected chi connectivity index (χ4v) is 2.80. The Kier molecular flexibility index (Phi) is 7.49. The maximum atomic E-state index is 11.9. The topological polar surface area (TPSA) is 70.4 Å². The van der Waals surface area contributed by atoms with Gasteiger partial charge in [-0.25, -0.2) is 0 Å². The maximum absolute atomic E-state index is 11.9. The fraction of sp³-hybridized carbons (Fsp3) is 0.647. The normalized spacial score (nSPS) is 15.6. The molecule has 1 aliphatic carbocycles. The van der Waals surface area contributed by atoms with Crippen molar-refractivity contribution in [2.45, 2.75) is 51.6 Å². The Bertz CT molecular complexity index is 477. The number of nitrogens with one attached hydrogen (secondary N) is 3. The van der Waals surface area contributed by atoms with E-state index in [1.807, 2.05) is 31.5 Å². The van der Waals surface area contributed by atoms with Gasteiger partial charge in [-0.3, -0.25) is 9.79 Å². The Labute approximate surface area is 138 Å². The molecule has 1 heterocycles. The average Bonchev–Trinajstić information content (AvgIpc) is 3.21. The SMILES string of the molecule is CCNC(=NCCC(=O)NC1CCCC1)NCCn1cccc1. The molecule has 1 saturated carbocycles. The summed E-state index contributed by atoms with van der Waals surface area (Å²) < 4.78 is 2.12. The average molecular weight is 319 g/mol. The number of aromatic nitrogens is 1. The number of carbonyl (C=O) groups excluding carboxylic acids is 1. The van der Waals surface area contributed by atoms with E-state index in [0.29, 0.717) is 19.0 Å². The molecule has 0 unspecified atom stereocenters. The third kappa shape index (κ3) is 6.76. The van der Waals surface area contributed by atoms with E-state index in [9.17, 15) is 4.79 Å². The highest BCUT2D eigenvalue weighted by Gasteiger charge is 2.16. The van der Waals surface area contributed by atoms with Crippen molar-refractivity contribution in [3.63, 3.8) is 0 Å². The van der Waals surface area contributed by atoms with Crippen molar-refractivity contribution in [3.8, 4) is 0 Å². The number of hydrogen-bond donors (Lipinski definition) is 3. The highest BCUT2D eigenvalue weighted by atomic mass is 16.1. The molecule has 1 aromatic heterocycles. The number of amides is 1. The lowest BCUT2D eigenvalue weighted by Gasteiger charge is -2.13. The lowest BCUT2D eigenvalue weighted by atomic mass is 10.2. The summed E-state index contributed by atoms with van der Waals surface area (Å²) in [5, 5.41) is 9.59. The quantitative estimate of drug-likeness (QED) is 0.502. The second kappa shape index (κ2) is 9.92. The minimum Gasteiger partial charge on any atom is -0.357 e. The molecule has 1 aliphatic rings. The van der Waals surface area contributed by atoms with Gasteiger partial charge in [-0.2, -0.15) is 0 Å². The van der Waals surface area contributed by atoms with Gasteiger partial charge in [-0.05, 0) is 31.9 Å². The van der Waals surface area contributed by atoms with Crippen molar-refractivity contribution in [1.82, 2.24) is 20.5 Å². The summed E-state index contributed by atoms with van der Waals surface area (Å²) >= 11 is 0. The Morgan fingerprint density at radius 3 is 2.65 bits per heavy atom. The molecular weight excluding hydrogens is 290 g/mol. The molecule has 6 heteroatoms. The minimum absolute atomic E-state index is 0.115. The summed E-state index contributed by atoms with van der Waals surface area (Å²) in [6, 6.07) is 4.42. The number of hydrogen-bond acceptors (Lipinski definition) is 2. The molecule has 0 aliphatic heterocycles. The first kappa shape index (κ1) is 17.4. The molecule has 2 rings (SSSR count). The zero-order chi connectivity index (χ0) is 16.3. The molecule has 0 bridgehead atoms. The Balaban J connectivity index is 1.66. The molecule has 0 aromatic carbocycles. The van der Waals surface area contributed by atoms with E-state index < -0.39 is 0 Å². The number of rotatable bonds is 8. The van der Waals surface area contributed by atoms with Crippen molar-refractivity contribution < 1.29 is 4.79 Å². The van der Waals surface area contributed by atoms with Gasteiger partial charge in [0.25, 0.3) is 0 Å². The van der Waals surface area contributed by atoms with Crippen LogP contribution in [-0.4, -0.2) is 42.1 Å². The lowest BCUT2D eigenvalue weighted by Crippen LogP contribution is -2.39. The summed E-state index contributed by atoms with van der Waals surface area (Å²) in [5.74, 6) is 0.886. The molecule has 0 saturated heterocycles. The molecule has 23 heavy (non-hydrogen) atoms. The van der Waals surface area contributed by atoms with Gasteiger partial charge < -0.3 is 20.5 Å². The van der Waals surface area contributed by atoms with Gasteiger partial charge in [-0.1, -0.05) is 12.8 Å². The third-order valence-electron chi connectivity index (χ3n) is 4.00. The van der Waals surface area contributed by atoms with Crippen molar-refractivity contribution in [2.24, 2.45) is 4.99 Å². The number of nitrogens with zero attached hydrogens (tertiary/aromatic N) is 2. The second-order valence-electron chi connectivity index (χ2n) is 5.91. The molecule has 1 amide bonds. The van der Waals surface area contributed by atoms with Crippen LogP contribution in [0.2, 0.25) is 0 Å². The largest absolute Gasteiger partial charge is 0.357 e. The summed E-state index contributed by atoms with van der Waals surface area (Å²) in [6.07, 6.45) is 9.25. The van der Waals surface area contributed by atoms with E-state index in [4.69, 9.17) is 0 Å². The number of carbonyl (C=O) groups is 1. The third-order valence-corrected chi connectivity index (χ3v) is 4.00. The van der Waals surface area contributed by atoms with Gasteiger partial charge in [0.15, 0.2) is 5.96 Å². The molecule has 0 spiro atoms. The van der Waals surface area contributed by atoms with Gasteiger partial charge in [0.1, 0.15) is 0 Å². The zero-order valence-corrected chi connectivity index (χ0v) is 14.1. The van der Waals surface area contributed by atoms with Gasteiger partial charge in [-0.15, -0.1) is 0 Å². The van der Waals surface area contributed by atoms with Crippen LogP contribution in [0.5, 0.6) is 0 Å². The van der Waals surface area contributed by atoms with Crippen LogP contribution in [0.1, 0.15) is 39.0 Å². The van der Waals surface area contributed by atoms with Crippen LogP contribution in [0.25, 0.3) is 0 Å². The molecular formula is C17H29N5O. The smallest absolute Gasteiger partial charge is 0.222 e. The van der Waals surface area contributed by atoms with E-state index in [0.717, 1.165) is 38.4 Å². The monoisotopic (exact) mass is 319 g/mol. The number of guanidine groups is 1. The first-order valence-corrected chi connectivity index (χ1v) is 8.70. The van der Waals surface area contributed by atoms with Crippen LogP contribution in [0.4, 0.5) is 0 Å². The summed E-state index contributed by atoms with van der Waals surface area (Å²) in [7, 11) is 0. The predicted octanol–water partition coefficient (Wildman–Crippen LogP) is 1.49. The van der Waals surface area contributed by atoms with Gasteiger partial charge in [0.2, 0.25) is 5.91 Å². The summed E-state index contributed by atoms with van der Waals surface area (Å²) in [5.41, 5.74) is 0. The van der Waals surface area contributed by atoms with Crippen LogP contribution in [0, 0.1) is 0 Å². The number of aliphatic imine (C=N–C) groups is 1. The van der Waals surface area contributed by atoms with E-state index >= 15 is 0 Å². The van der Waals surface area contributed by atoms with E-state index in [2.05, 4.69) is 25.5 Å². The summed E-state index contributed by atoms with van der Waals surface area (Å²) in [4.78, 5) is 16.4. The van der Waals surface area contributed by atoms with Crippen LogP contribution in [-0.2, 0) is 11.3 Å². The van der Waals surface area contributed by atoms with Crippen LogP contribution in [0.3, 0.4) is 0 Å². The standard InChI is InChI=1S/C17H29N5O/c1-2-18-17(20-11-14-22-12-5-6-13-22)19-10-9-16(23)21-15-7-3-4-8-15/h5-6,12-13,15H,2-4,7-11,14H2,1H3,(H,21,23)(H2,18,19,20). The van der Waals surface area contributed by atoms with Gasteiger partial charge >= 0.3 is 0 Å². The molecule has 1 fully saturated rings. The lowest BCUT2D eigenvalue weighted by molar-refractivity contribution is -0.121. The predicted molar refractivity (Wildman–Crippen MR) is 93.4 cm³/mol. The van der Waals surface area contributed by atoms with Crippen molar-refractivity contribution in [1.29, 1.82) is 0 Å². The molecule has 3 N–H and O–H groups in total. The highest BCUT2D eigenvalue weighted by molar-refractivity contribution is 5.80. The summed E-state index contributed by atoms with van der Waals surface area (Å²) in [6.45, 7) is 5.05. The second-order valence-corrected chi connectivity index (χ2v) is 5.91. The van der Waals surface area contributed by atoms with Gasteiger partial charge in [0.05, 0.1) is 6.54 Å². The Morgan fingerprint density at radius 2 is 1.96 bits per heavy atom. The van der Waals surface area contributed by atoms with Crippen molar-refractivity contribution in [2.75, 3.05) is 19.6 Å². The molecule has 128 valence electrons. The fourth-order valence-electron chi connectivity index (χ4n) is 2.80. The van der Waals surface area contributed by atoms with Crippen molar-refractivity contribution in [3.05, 3.63) is 24.5 Å².